The van der Waals surface area contributed by atoms with Crippen molar-refractivity contribution in [1.82, 2.24) is 0 Å². The molecular weight excluding hydrogens is 476 g/mol. The molecule has 0 fully saturated rings. The van der Waals surface area contributed by atoms with Gasteiger partial charge in [-0.15, -0.1) is 0 Å². The van der Waals surface area contributed by atoms with E-state index in [9.17, 15) is 0 Å². The van der Waals surface area contributed by atoms with Crippen LogP contribution >= 0.6 is 0 Å². The molecule has 0 saturated carbocycles. The number of hydrogen-bond donors (Lipinski definition) is 0. The van der Waals surface area contributed by atoms with E-state index in [0.29, 0.717) is 22.5 Å². The first kappa shape index (κ1) is 25.6. The first-order chi connectivity index (χ1) is 1.00. The first-order valence-electron chi connectivity index (χ1n) is 0.204. The molecule has 0 saturated heterocycles. The van der Waals surface area contributed by atoms with Crippen molar-refractivity contribution in [1.29, 1.82) is 0 Å². The van der Waals surface area contributed by atoms with Crippen LogP contribution in [0.4, 0.5) is 0 Å². The number of hydrogen-bond acceptors (Lipinski definition) is 1. The van der Waals surface area contributed by atoms with E-state index in [1.54, 1.807) is 0 Å². The van der Waals surface area contributed by atoms with Crippen molar-refractivity contribution in [3.05, 3.63) is 0 Å². The zero-order valence-electron chi connectivity index (χ0n) is 2.10. The van der Waals surface area contributed by atoms with Crippen LogP contribution in [0.15, 0.2) is 0 Å². The van der Waals surface area contributed by atoms with E-state index in [4.69, 9.17) is 3.08 Å². The van der Waals surface area contributed by atoms with Crippen molar-refractivity contribution in [2.45, 2.75) is 0 Å². The molecule has 0 aliphatic carbocycles. The Morgan fingerprint density at radius 3 is 1.20 bits per heavy atom. The zero-order chi connectivity index (χ0) is 2.00. The van der Waals surface area contributed by atoms with Crippen LogP contribution < -0.4 is 0 Å². The van der Waals surface area contributed by atoms with Gasteiger partial charge in [0.1, 0.15) is 0 Å². The van der Waals surface area contributed by atoms with Gasteiger partial charge in [0, 0.05) is 61.3 Å². The predicted molar refractivity (Wildman–Crippen MR) is 6.44 cm³/mol. The minimum atomic E-state index is 0. The van der Waals surface area contributed by atoms with E-state index in [1.807, 2.05) is 0 Å². The summed E-state index contributed by atoms with van der Waals surface area (Å²) in [5.74, 6) is 0. The van der Waals surface area contributed by atoms with Gasteiger partial charge < -0.3 is 0 Å². The minimum absolute atomic E-state index is 0. The first-order valence-corrected chi connectivity index (χ1v) is 1.37. The molecule has 5 heteroatoms. The van der Waals surface area contributed by atoms with Crippen molar-refractivity contribution in [3.63, 3.8) is 0 Å². The van der Waals surface area contributed by atoms with Crippen molar-refractivity contribution < 1.29 is 64.4 Å². The van der Waals surface area contributed by atoms with E-state index >= 15 is 0 Å². The van der Waals surface area contributed by atoms with E-state index < -0.39 is 0 Å². The Balaban J connectivity index is -0.00000000167. The molecule has 0 aliphatic rings. The van der Waals surface area contributed by atoms with Gasteiger partial charge in [-0.3, -0.25) is 0 Å². The summed E-state index contributed by atoms with van der Waals surface area (Å²) in [5.41, 5.74) is 0. The molecule has 0 spiro atoms. The maximum Gasteiger partial charge on any atom is 0 e. The average molecular weight is 476 g/mol. The summed E-state index contributed by atoms with van der Waals surface area (Å²) >= 11 is 0.300. The molecule has 0 aromatic heterocycles. The quantitative estimate of drug-likeness (QED) is 0.432. The Kier molecular flexibility index (Phi) is 157. The number of rotatable bonds is 0. The van der Waals surface area contributed by atoms with E-state index in [0.717, 1.165) is 0 Å². The molecule has 31 valence electrons. The van der Waals surface area contributed by atoms with Crippen LogP contribution in [0.5, 0.6) is 0 Å². The summed E-state index contributed by atoms with van der Waals surface area (Å²) in [5, 5.41) is 0. The summed E-state index contributed by atoms with van der Waals surface area (Å²) in [4.78, 5) is 0. The summed E-state index contributed by atoms with van der Waals surface area (Å²) in [6.45, 7) is 0. The predicted octanol–water partition coefficient (Wildman–Crippen LogP) is -0.507. The summed E-state index contributed by atoms with van der Waals surface area (Å²) in [6, 6.07) is 0. The van der Waals surface area contributed by atoms with Gasteiger partial charge in [-0.05, 0) is 0 Å². The second kappa shape index (κ2) is 30.7. The van der Waals surface area contributed by atoms with Gasteiger partial charge in [0.05, 0.1) is 0 Å². The fourth-order valence-electron chi connectivity index (χ4n) is 0. The fraction of sp³-hybridized carbons (Fsp3) is 0. The maximum absolute atomic E-state index is 8.34. The van der Waals surface area contributed by atoms with Crippen LogP contribution in [0, 0.1) is 0 Å². The molecule has 0 bridgehead atoms. The molecule has 0 heterocycles. The van der Waals surface area contributed by atoms with Crippen LogP contribution in [0.25, 0.3) is 0 Å². The molecule has 0 N–H and O–H groups in total. The van der Waals surface area contributed by atoms with Crippen molar-refractivity contribution >= 4 is 22.5 Å². The zero-order valence-corrected chi connectivity index (χ0v) is 10.6. The van der Waals surface area contributed by atoms with Crippen LogP contribution in [-0.2, 0) is 64.4 Å². The largest absolute Gasteiger partial charge is 0 e. The van der Waals surface area contributed by atoms with Crippen molar-refractivity contribution in [2.24, 2.45) is 0 Å². The van der Waals surface area contributed by atoms with Gasteiger partial charge in [-0.25, -0.2) is 0 Å². The molecule has 0 rings (SSSR count). The van der Waals surface area contributed by atoms with Gasteiger partial charge >= 0.3 is 25.6 Å². The van der Waals surface area contributed by atoms with Crippen LogP contribution in [-0.4, -0.2) is 22.5 Å². The Morgan fingerprint density at radius 1 is 1.20 bits per heavy atom. The molecular formula is IrORuSnTi. The van der Waals surface area contributed by atoms with Gasteiger partial charge in [-0.1, -0.05) is 0 Å². The van der Waals surface area contributed by atoms with Crippen LogP contribution in [0.3, 0.4) is 0 Å². The Bertz CT molecular complexity index is 11.6. The average Bonchev–Trinajstić information content (AvgIpc) is 1.00. The van der Waals surface area contributed by atoms with E-state index in [1.165, 1.54) is 0 Å². The Hall–Kier alpha value is 2.59. The monoisotopic (exact) mass is 479 g/mol. The third-order valence-electron chi connectivity index (χ3n) is 0. The molecule has 0 aromatic carbocycles. The molecule has 0 aromatic rings. The van der Waals surface area contributed by atoms with Crippen molar-refractivity contribution in [3.8, 4) is 0 Å². The summed E-state index contributed by atoms with van der Waals surface area (Å²) in [7, 11) is 0. The fourth-order valence-corrected chi connectivity index (χ4v) is 0. The van der Waals surface area contributed by atoms with Crippen LogP contribution in [0.1, 0.15) is 0 Å². The van der Waals surface area contributed by atoms with Crippen molar-refractivity contribution in [2.75, 3.05) is 0 Å². The molecule has 3 radical (unpaired) electrons. The topological polar surface area (TPSA) is 17.1 Å². The molecule has 0 atom stereocenters. The Labute approximate surface area is 85.5 Å². The Morgan fingerprint density at radius 2 is 1.20 bits per heavy atom. The minimum Gasteiger partial charge on any atom is 0 e. The third-order valence-corrected chi connectivity index (χ3v) is 0. The van der Waals surface area contributed by atoms with E-state index in [2.05, 4.69) is 0 Å². The summed E-state index contributed by atoms with van der Waals surface area (Å²) in [6.07, 6.45) is 0. The SMILES string of the molecule is [Ir].[O]=[Sn].[Ru].[Ti]. The molecule has 0 amide bonds. The standard InChI is InChI=1S/Ir.O.Ru.Sn.Ti. The maximum atomic E-state index is 8.34. The molecule has 0 aliphatic heterocycles. The molecule has 0 unspecified atom stereocenters. The molecule has 1 nitrogen and oxygen atoms in total. The smallest absolute Gasteiger partial charge is 0 e. The molecule has 5 heavy (non-hydrogen) atoms. The third kappa shape index (κ3) is 20.7. The second-order valence-corrected chi connectivity index (χ2v) is 0. The van der Waals surface area contributed by atoms with Gasteiger partial charge in [0.25, 0.3) is 0 Å². The second-order valence-electron chi connectivity index (χ2n) is 0. The van der Waals surface area contributed by atoms with Gasteiger partial charge in [0.2, 0.25) is 0 Å². The van der Waals surface area contributed by atoms with E-state index in [-0.39, 0.29) is 61.3 Å². The van der Waals surface area contributed by atoms with Gasteiger partial charge in [-0.2, -0.15) is 0 Å². The normalized spacial score (nSPS) is 0.800. The summed E-state index contributed by atoms with van der Waals surface area (Å²) < 4.78 is 8.34. The van der Waals surface area contributed by atoms with Gasteiger partial charge in [0.15, 0.2) is 0 Å². The van der Waals surface area contributed by atoms with Crippen LogP contribution in [0.2, 0.25) is 0 Å².